The fourth-order valence-corrected chi connectivity index (χ4v) is 4.11. The monoisotopic (exact) mass is 405 g/mol. The van der Waals surface area contributed by atoms with Gasteiger partial charge in [-0.05, 0) is 43.7 Å². The van der Waals surface area contributed by atoms with Crippen molar-refractivity contribution >= 4 is 23.0 Å². The molecule has 3 heterocycles. The molecule has 7 nitrogen and oxygen atoms in total. The SMILES string of the molecule is NC(=O)C1(O)CCN(CCCCCCC(=O)c2cc(-c3cccs3)on2)CC1. The molecule has 152 valence electrons. The Labute approximate surface area is 168 Å². The van der Waals surface area contributed by atoms with E-state index in [1.807, 2.05) is 17.5 Å². The highest BCUT2D eigenvalue weighted by Gasteiger charge is 2.37. The maximum Gasteiger partial charge on any atom is 0.249 e. The largest absolute Gasteiger partial charge is 0.380 e. The van der Waals surface area contributed by atoms with Crippen LogP contribution in [0, 0.1) is 0 Å². The number of ketones is 1. The van der Waals surface area contributed by atoms with Gasteiger partial charge in [0.05, 0.1) is 4.88 Å². The van der Waals surface area contributed by atoms with Crippen LogP contribution in [0.2, 0.25) is 0 Å². The second-order valence-corrected chi connectivity index (χ2v) is 8.33. The number of piperidine rings is 1. The van der Waals surface area contributed by atoms with Gasteiger partial charge in [0.1, 0.15) is 11.3 Å². The Hall–Kier alpha value is -2.03. The van der Waals surface area contributed by atoms with Crippen molar-refractivity contribution in [1.82, 2.24) is 10.1 Å². The number of Topliss-reactive ketones (excluding diaryl/α,β-unsaturated/α-hetero) is 1. The van der Waals surface area contributed by atoms with Crippen LogP contribution < -0.4 is 5.73 Å². The number of rotatable bonds is 10. The molecule has 0 unspecified atom stereocenters. The van der Waals surface area contributed by atoms with E-state index < -0.39 is 11.5 Å². The zero-order chi connectivity index (χ0) is 20.0. The van der Waals surface area contributed by atoms with Gasteiger partial charge in [0.2, 0.25) is 5.91 Å². The Morgan fingerprint density at radius 1 is 1.25 bits per heavy atom. The number of likely N-dealkylation sites (tertiary alicyclic amines) is 1. The fraction of sp³-hybridized carbons (Fsp3) is 0.550. The highest BCUT2D eigenvalue weighted by molar-refractivity contribution is 7.13. The number of hydrogen-bond acceptors (Lipinski definition) is 7. The van der Waals surface area contributed by atoms with Gasteiger partial charge in [0, 0.05) is 25.6 Å². The summed E-state index contributed by atoms with van der Waals surface area (Å²) >= 11 is 1.56. The molecule has 0 aromatic carbocycles. The van der Waals surface area contributed by atoms with Crippen LogP contribution in [0.1, 0.15) is 55.4 Å². The molecule has 0 spiro atoms. The number of carbonyl (C=O) groups excluding carboxylic acids is 2. The third kappa shape index (κ3) is 5.27. The van der Waals surface area contributed by atoms with Crippen molar-refractivity contribution in [3.05, 3.63) is 29.3 Å². The lowest BCUT2D eigenvalue weighted by Crippen LogP contribution is -2.52. The lowest BCUT2D eigenvalue weighted by Gasteiger charge is -2.36. The first kappa shape index (κ1) is 20.7. The molecular formula is C20H27N3O4S. The Bertz CT molecular complexity index is 779. The second-order valence-electron chi connectivity index (χ2n) is 7.38. The predicted molar refractivity (Wildman–Crippen MR) is 107 cm³/mol. The van der Waals surface area contributed by atoms with Gasteiger partial charge in [0.25, 0.3) is 0 Å². The molecule has 3 N–H and O–H groups in total. The van der Waals surface area contributed by atoms with Crippen molar-refractivity contribution in [2.75, 3.05) is 19.6 Å². The van der Waals surface area contributed by atoms with Gasteiger partial charge in [-0.3, -0.25) is 9.59 Å². The van der Waals surface area contributed by atoms with Crippen LogP contribution in [0.5, 0.6) is 0 Å². The predicted octanol–water partition coefficient (Wildman–Crippen LogP) is 2.85. The molecule has 1 aliphatic rings. The number of primary amides is 1. The van der Waals surface area contributed by atoms with Crippen molar-refractivity contribution in [1.29, 1.82) is 0 Å². The third-order valence-electron chi connectivity index (χ3n) is 5.33. The molecule has 0 radical (unpaired) electrons. The smallest absolute Gasteiger partial charge is 0.249 e. The van der Waals surface area contributed by atoms with Crippen molar-refractivity contribution in [3.63, 3.8) is 0 Å². The maximum atomic E-state index is 12.2. The summed E-state index contributed by atoms with van der Waals surface area (Å²) in [5.41, 5.74) is 4.32. The number of hydrogen-bond donors (Lipinski definition) is 2. The quantitative estimate of drug-likeness (QED) is 0.465. The Morgan fingerprint density at radius 3 is 2.68 bits per heavy atom. The maximum absolute atomic E-state index is 12.2. The van der Waals surface area contributed by atoms with E-state index in [9.17, 15) is 14.7 Å². The van der Waals surface area contributed by atoms with E-state index in [-0.39, 0.29) is 5.78 Å². The highest BCUT2D eigenvalue weighted by atomic mass is 32.1. The van der Waals surface area contributed by atoms with Crippen molar-refractivity contribution in [2.24, 2.45) is 5.73 Å². The van der Waals surface area contributed by atoms with Gasteiger partial charge in [-0.15, -0.1) is 11.3 Å². The van der Waals surface area contributed by atoms with Gasteiger partial charge in [-0.2, -0.15) is 0 Å². The summed E-state index contributed by atoms with van der Waals surface area (Å²) in [5, 5.41) is 15.9. The van der Waals surface area contributed by atoms with E-state index in [0.29, 0.717) is 43.8 Å². The van der Waals surface area contributed by atoms with Crippen LogP contribution in [0.25, 0.3) is 10.6 Å². The summed E-state index contributed by atoms with van der Waals surface area (Å²) in [6.45, 7) is 2.32. The number of thiophene rings is 1. The Balaban J connectivity index is 1.28. The molecule has 0 bridgehead atoms. The first-order valence-corrected chi connectivity index (χ1v) is 10.6. The minimum Gasteiger partial charge on any atom is -0.380 e. The normalized spacial score (nSPS) is 16.9. The zero-order valence-corrected chi connectivity index (χ0v) is 16.7. The van der Waals surface area contributed by atoms with E-state index in [1.54, 1.807) is 17.4 Å². The van der Waals surface area contributed by atoms with Crippen molar-refractivity contribution in [3.8, 4) is 10.6 Å². The number of aliphatic hydroxyl groups is 1. The number of aromatic nitrogens is 1. The Kier molecular flexibility index (Phi) is 6.98. The van der Waals surface area contributed by atoms with Crippen LogP contribution in [-0.4, -0.2) is 52.1 Å². The number of unbranched alkanes of at least 4 members (excludes halogenated alkanes) is 3. The average Bonchev–Trinajstić information content (AvgIpc) is 3.37. The lowest BCUT2D eigenvalue weighted by atomic mass is 9.91. The van der Waals surface area contributed by atoms with Crippen LogP contribution in [0.3, 0.4) is 0 Å². The van der Waals surface area contributed by atoms with Crippen LogP contribution in [0.4, 0.5) is 0 Å². The van der Waals surface area contributed by atoms with Crippen molar-refractivity contribution in [2.45, 2.75) is 50.5 Å². The van der Waals surface area contributed by atoms with E-state index >= 15 is 0 Å². The summed E-state index contributed by atoms with van der Waals surface area (Å²) in [6.07, 6.45) is 5.19. The van der Waals surface area contributed by atoms with Gasteiger partial charge >= 0.3 is 0 Å². The fourth-order valence-electron chi connectivity index (χ4n) is 3.44. The second kappa shape index (κ2) is 9.45. The summed E-state index contributed by atoms with van der Waals surface area (Å²) < 4.78 is 5.26. The summed E-state index contributed by atoms with van der Waals surface area (Å²) in [4.78, 5) is 26.7. The first-order valence-electron chi connectivity index (χ1n) is 9.76. The van der Waals surface area contributed by atoms with E-state index in [0.717, 1.165) is 37.1 Å². The van der Waals surface area contributed by atoms with E-state index in [4.69, 9.17) is 10.3 Å². The minimum absolute atomic E-state index is 0.0216. The third-order valence-corrected chi connectivity index (χ3v) is 6.21. The molecule has 3 rings (SSSR count). The molecule has 0 aliphatic carbocycles. The molecule has 1 amide bonds. The van der Waals surface area contributed by atoms with Crippen LogP contribution >= 0.6 is 11.3 Å². The average molecular weight is 406 g/mol. The molecule has 1 fully saturated rings. The van der Waals surface area contributed by atoms with Gasteiger partial charge in [-0.25, -0.2) is 0 Å². The first-order chi connectivity index (χ1) is 13.5. The molecule has 2 aromatic heterocycles. The molecule has 0 atom stereocenters. The topological polar surface area (TPSA) is 110 Å². The number of amides is 1. The van der Waals surface area contributed by atoms with Crippen LogP contribution in [0.15, 0.2) is 28.1 Å². The minimum atomic E-state index is -1.33. The molecule has 1 saturated heterocycles. The molecule has 1 aliphatic heterocycles. The van der Waals surface area contributed by atoms with Crippen LogP contribution in [-0.2, 0) is 4.79 Å². The molecule has 28 heavy (non-hydrogen) atoms. The molecule has 2 aromatic rings. The zero-order valence-electron chi connectivity index (χ0n) is 15.9. The molecule has 0 saturated carbocycles. The summed E-state index contributed by atoms with van der Waals surface area (Å²) in [5.74, 6) is 0.0443. The van der Waals surface area contributed by atoms with Gasteiger partial charge in [-0.1, -0.05) is 24.1 Å². The summed E-state index contributed by atoms with van der Waals surface area (Å²) in [6, 6.07) is 5.60. The van der Waals surface area contributed by atoms with Gasteiger partial charge < -0.3 is 20.3 Å². The standard InChI is InChI=1S/C20H27N3O4S/c21-19(25)20(26)8-11-23(12-9-20)10-4-2-1-3-6-16(24)15-14-17(27-22-15)18-7-5-13-28-18/h5,7,13-14,26H,1-4,6,8-12H2,(H2,21,25). The Morgan fingerprint density at radius 2 is 2.00 bits per heavy atom. The van der Waals surface area contributed by atoms with E-state index in [1.165, 1.54) is 0 Å². The molecule has 8 heteroatoms. The highest BCUT2D eigenvalue weighted by Crippen LogP contribution is 2.26. The summed E-state index contributed by atoms with van der Waals surface area (Å²) in [7, 11) is 0. The van der Waals surface area contributed by atoms with Crippen molar-refractivity contribution < 1.29 is 19.2 Å². The number of nitrogens with two attached hydrogens (primary N) is 1. The van der Waals surface area contributed by atoms with E-state index in [2.05, 4.69) is 10.1 Å². The lowest BCUT2D eigenvalue weighted by molar-refractivity contribution is -0.141. The molecular weight excluding hydrogens is 378 g/mol. The van der Waals surface area contributed by atoms with Gasteiger partial charge in [0.15, 0.2) is 11.5 Å². The number of carbonyl (C=O) groups is 2. The number of nitrogens with zero attached hydrogens (tertiary/aromatic N) is 2.